The molecule has 1 aliphatic rings. The first-order valence-electron chi connectivity index (χ1n) is 9.05. The largest absolute Gasteiger partial charge is 0.326 e. The van der Waals surface area contributed by atoms with Gasteiger partial charge in [-0.15, -0.1) is 0 Å². The molecule has 1 atom stereocenters. The second-order valence-corrected chi connectivity index (χ2v) is 8.94. The van der Waals surface area contributed by atoms with Crippen LogP contribution in [0.5, 0.6) is 0 Å². The highest BCUT2D eigenvalue weighted by atomic mass is 32.2. The Morgan fingerprint density at radius 1 is 1.07 bits per heavy atom. The molecule has 148 valence electrons. The van der Waals surface area contributed by atoms with E-state index in [0.29, 0.717) is 29.0 Å². The Kier molecular flexibility index (Phi) is 5.42. The number of anilines is 3. The first-order chi connectivity index (χ1) is 13.2. The Morgan fingerprint density at radius 3 is 2.25 bits per heavy atom. The minimum absolute atomic E-state index is 0.0352. The summed E-state index contributed by atoms with van der Waals surface area (Å²) in [7, 11) is -3.35. The third kappa shape index (κ3) is 4.01. The van der Waals surface area contributed by atoms with Gasteiger partial charge in [-0.3, -0.25) is 13.9 Å². The van der Waals surface area contributed by atoms with E-state index in [1.807, 2.05) is 6.92 Å². The van der Waals surface area contributed by atoms with Crippen LogP contribution >= 0.6 is 0 Å². The van der Waals surface area contributed by atoms with Crippen molar-refractivity contribution < 1.29 is 18.0 Å². The molecule has 3 rings (SSSR count). The van der Waals surface area contributed by atoms with Crippen LogP contribution in [0.3, 0.4) is 0 Å². The summed E-state index contributed by atoms with van der Waals surface area (Å²) in [6.07, 6.45) is 0.571. The fourth-order valence-electron chi connectivity index (χ4n) is 3.35. The highest BCUT2D eigenvalue weighted by Gasteiger charge is 2.34. The van der Waals surface area contributed by atoms with E-state index in [2.05, 4.69) is 10.6 Å². The third-order valence-electron chi connectivity index (χ3n) is 4.62. The zero-order chi connectivity index (χ0) is 20.5. The lowest BCUT2D eigenvalue weighted by molar-refractivity contribution is -0.114. The predicted octanol–water partition coefficient (Wildman–Crippen LogP) is 3.00. The molecular weight excluding hydrogens is 378 g/mol. The SMILES string of the molecule is CCS(=O)(=O)N1c2ccc(C(=O)Nc3ccc(NC(C)=O)cc3)cc2C[C@H]1C. The second kappa shape index (κ2) is 7.63. The van der Waals surface area contributed by atoms with Crippen LogP contribution < -0.4 is 14.9 Å². The summed E-state index contributed by atoms with van der Waals surface area (Å²) < 4.78 is 26.1. The minimum atomic E-state index is -3.35. The molecule has 8 heteroatoms. The van der Waals surface area contributed by atoms with Gasteiger partial charge in [-0.1, -0.05) is 0 Å². The minimum Gasteiger partial charge on any atom is -0.326 e. The lowest BCUT2D eigenvalue weighted by Gasteiger charge is -2.23. The molecule has 2 aromatic rings. The van der Waals surface area contributed by atoms with Crippen LogP contribution in [-0.4, -0.2) is 32.0 Å². The average molecular weight is 401 g/mol. The molecule has 7 nitrogen and oxygen atoms in total. The van der Waals surface area contributed by atoms with Gasteiger partial charge < -0.3 is 10.6 Å². The van der Waals surface area contributed by atoms with Crippen LogP contribution in [0.25, 0.3) is 0 Å². The Bertz CT molecular complexity index is 1020. The van der Waals surface area contributed by atoms with Crippen molar-refractivity contribution in [1.82, 2.24) is 0 Å². The first kappa shape index (κ1) is 19.9. The van der Waals surface area contributed by atoms with E-state index in [1.165, 1.54) is 11.2 Å². The highest BCUT2D eigenvalue weighted by Crippen LogP contribution is 2.35. The molecule has 2 N–H and O–H groups in total. The molecule has 0 saturated carbocycles. The molecule has 1 heterocycles. The number of hydrogen-bond acceptors (Lipinski definition) is 4. The lowest BCUT2D eigenvalue weighted by atomic mass is 10.1. The van der Waals surface area contributed by atoms with Crippen LogP contribution in [-0.2, 0) is 21.2 Å². The Morgan fingerprint density at radius 2 is 1.68 bits per heavy atom. The summed E-state index contributed by atoms with van der Waals surface area (Å²) in [5.74, 6) is -0.407. The number of nitrogens with zero attached hydrogens (tertiary/aromatic N) is 1. The number of fused-ring (bicyclic) bond motifs is 1. The molecule has 0 aromatic heterocycles. The van der Waals surface area contributed by atoms with E-state index in [1.54, 1.807) is 49.4 Å². The fraction of sp³-hybridized carbons (Fsp3) is 0.300. The number of amides is 2. The van der Waals surface area contributed by atoms with Crippen molar-refractivity contribution in [2.24, 2.45) is 0 Å². The number of rotatable bonds is 5. The molecule has 0 saturated heterocycles. The van der Waals surface area contributed by atoms with Crippen molar-refractivity contribution in [1.29, 1.82) is 0 Å². The van der Waals surface area contributed by atoms with Gasteiger partial charge in [-0.2, -0.15) is 0 Å². The summed E-state index contributed by atoms with van der Waals surface area (Å²) >= 11 is 0. The zero-order valence-electron chi connectivity index (χ0n) is 16.0. The fourth-order valence-corrected chi connectivity index (χ4v) is 4.73. The van der Waals surface area contributed by atoms with E-state index in [0.717, 1.165) is 5.56 Å². The maximum absolute atomic E-state index is 12.6. The molecule has 0 aliphatic carbocycles. The van der Waals surface area contributed by atoms with Gasteiger partial charge in [0.1, 0.15) is 0 Å². The van der Waals surface area contributed by atoms with Gasteiger partial charge in [0, 0.05) is 29.9 Å². The standard InChI is InChI=1S/C20H23N3O4S/c1-4-28(26,27)23-13(2)11-16-12-15(5-10-19(16)23)20(25)22-18-8-6-17(7-9-18)21-14(3)24/h5-10,12-13H,4,11H2,1-3H3,(H,21,24)(H,22,25)/t13-/m1/s1. The second-order valence-electron chi connectivity index (χ2n) is 6.81. The Labute approximate surface area is 164 Å². The Hall–Kier alpha value is -2.87. The van der Waals surface area contributed by atoms with Gasteiger partial charge in [0.25, 0.3) is 5.91 Å². The maximum Gasteiger partial charge on any atom is 0.255 e. The van der Waals surface area contributed by atoms with Crippen molar-refractivity contribution in [3.8, 4) is 0 Å². The van der Waals surface area contributed by atoms with Gasteiger partial charge in [0.2, 0.25) is 15.9 Å². The van der Waals surface area contributed by atoms with Crippen molar-refractivity contribution in [2.45, 2.75) is 33.2 Å². The van der Waals surface area contributed by atoms with Crippen molar-refractivity contribution in [3.63, 3.8) is 0 Å². The first-order valence-corrected chi connectivity index (χ1v) is 10.7. The van der Waals surface area contributed by atoms with Crippen LogP contribution in [0, 0.1) is 0 Å². The molecule has 0 fully saturated rings. The summed E-state index contributed by atoms with van der Waals surface area (Å²) in [5.41, 5.74) is 3.20. The molecule has 28 heavy (non-hydrogen) atoms. The van der Waals surface area contributed by atoms with Gasteiger partial charge in [-0.25, -0.2) is 8.42 Å². The third-order valence-corrected chi connectivity index (χ3v) is 6.51. The molecule has 0 bridgehead atoms. The number of benzene rings is 2. The number of hydrogen-bond donors (Lipinski definition) is 2. The van der Waals surface area contributed by atoms with Gasteiger partial charge in [0.05, 0.1) is 11.4 Å². The number of sulfonamides is 1. The molecule has 2 aromatic carbocycles. The van der Waals surface area contributed by atoms with Gasteiger partial charge in [-0.05, 0) is 68.3 Å². The van der Waals surface area contributed by atoms with Crippen LogP contribution in [0.1, 0.15) is 36.7 Å². The number of carbonyl (C=O) groups excluding carboxylic acids is 2. The molecule has 0 spiro atoms. The predicted molar refractivity (Wildman–Crippen MR) is 110 cm³/mol. The topological polar surface area (TPSA) is 95.6 Å². The number of nitrogens with one attached hydrogen (secondary N) is 2. The van der Waals surface area contributed by atoms with Gasteiger partial charge >= 0.3 is 0 Å². The molecule has 1 aliphatic heterocycles. The normalized spacial score (nSPS) is 15.8. The van der Waals surface area contributed by atoms with E-state index in [-0.39, 0.29) is 23.6 Å². The van der Waals surface area contributed by atoms with E-state index < -0.39 is 10.0 Å². The average Bonchev–Trinajstić information content (AvgIpc) is 2.98. The van der Waals surface area contributed by atoms with Gasteiger partial charge in [0.15, 0.2) is 0 Å². The summed E-state index contributed by atoms with van der Waals surface area (Å²) in [6.45, 7) is 4.92. The van der Waals surface area contributed by atoms with Crippen molar-refractivity contribution >= 4 is 38.9 Å². The van der Waals surface area contributed by atoms with E-state index in [4.69, 9.17) is 0 Å². The van der Waals surface area contributed by atoms with Crippen LogP contribution in [0.2, 0.25) is 0 Å². The molecular formula is C20H23N3O4S. The van der Waals surface area contributed by atoms with E-state index in [9.17, 15) is 18.0 Å². The Balaban J connectivity index is 1.78. The molecule has 2 amide bonds. The molecule has 0 unspecified atom stereocenters. The zero-order valence-corrected chi connectivity index (χ0v) is 16.8. The quantitative estimate of drug-likeness (QED) is 0.805. The summed E-state index contributed by atoms with van der Waals surface area (Å²) in [6, 6.07) is 11.7. The summed E-state index contributed by atoms with van der Waals surface area (Å²) in [5, 5.41) is 5.48. The van der Waals surface area contributed by atoms with E-state index >= 15 is 0 Å². The smallest absolute Gasteiger partial charge is 0.255 e. The van der Waals surface area contributed by atoms with Crippen molar-refractivity contribution in [3.05, 3.63) is 53.6 Å². The lowest BCUT2D eigenvalue weighted by Crippen LogP contribution is -2.36. The van der Waals surface area contributed by atoms with Crippen molar-refractivity contribution in [2.75, 3.05) is 20.7 Å². The highest BCUT2D eigenvalue weighted by molar-refractivity contribution is 7.92. The van der Waals surface area contributed by atoms with Crippen LogP contribution in [0.15, 0.2) is 42.5 Å². The monoisotopic (exact) mass is 401 g/mol. The van der Waals surface area contributed by atoms with Crippen LogP contribution in [0.4, 0.5) is 17.1 Å². The number of carbonyl (C=O) groups is 2. The molecule has 0 radical (unpaired) electrons. The summed E-state index contributed by atoms with van der Waals surface area (Å²) in [4.78, 5) is 23.6. The maximum atomic E-state index is 12.6.